The number of aromatic nitrogens is 2. The molecule has 3 rings (SSSR count). The smallest absolute Gasteiger partial charge is 0.152 e. The topological polar surface area (TPSA) is 75.3 Å². The first kappa shape index (κ1) is 16.3. The molecular formula is C16H18Cl2N4O. The second kappa shape index (κ2) is 6.15. The minimum absolute atomic E-state index is 0.309. The van der Waals surface area contributed by atoms with Crippen molar-refractivity contribution in [3.63, 3.8) is 0 Å². The highest BCUT2D eigenvalue weighted by Crippen LogP contribution is 2.35. The van der Waals surface area contributed by atoms with Gasteiger partial charge in [-0.3, -0.25) is 0 Å². The number of nitrogens with two attached hydrogens (primary N) is 1. The molecule has 0 atom stereocenters. The zero-order valence-electron chi connectivity index (χ0n) is 12.8. The summed E-state index contributed by atoms with van der Waals surface area (Å²) in [7, 11) is 0. The molecule has 1 saturated heterocycles. The van der Waals surface area contributed by atoms with E-state index in [2.05, 4.69) is 14.9 Å². The van der Waals surface area contributed by atoms with E-state index in [1.54, 1.807) is 18.3 Å². The summed E-state index contributed by atoms with van der Waals surface area (Å²) in [4.78, 5) is 11.0. The number of benzene rings is 1. The van der Waals surface area contributed by atoms with Crippen molar-refractivity contribution in [2.45, 2.75) is 25.4 Å². The standard InChI is InChI=1S/C16H18Cl2N4O/c1-16(23)5-7-22(8-6-16)12-9-20-14(15(19)21-12)10-3-2-4-11(17)13(10)18/h2-4,9,23H,5-8H2,1H3,(H2,19,21). The van der Waals surface area contributed by atoms with E-state index in [9.17, 15) is 5.11 Å². The van der Waals surface area contributed by atoms with E-state index in [4.69, 9.17) is 28.9 Å². The van der Waals surface area contributed by atoms with Crippen LogP contribution in [0.3, 0.4) is 0 Å². The Labute approximate surface area is 145 Å². The van der Waals surface area contributed by atoms with Crippen LogP contribution in [-0.4, -0.2) is 33.8 Å². The highest BCUT2D eigenvalue weighted by Gasteiger charge is 2.28. The summed E-state index contributed by atoms with van der Waals surface area (Å²) < 4.78 is 0. The Morgan fingerprint density at radius 3 is 2.61 bits per heavy atom. The van der Waals surface area contributed by atoms with Crippen molar-refractivity contribution in [2.24, 2.45) is 0 Å². The molecule has 122 valence electrons. The zero-order chi connectivity index (χ0) is 16.6. The number of nitrogen functional groups attached to an aromatic ring is 1. The minimum Gasteiger partial charge on any atom is -0.390 e. The molecule has 1 aromatic carbocycles. The number of hydrogen-bond acceptors (Lipinski definition) is 5. The predicted octanol–water partition coefficient (Wildman–Crippen LogP) is 3.38. The molecule has 23 heavy (non-hydrogen) atoms. The number of hydrogen-bond donors (Lipinski definition) is 2. The van der Waals surface area contributed by atoms with Gasteiger partial charge < -0.3 is 15.7 Å². The number of piperidine rings is 1. The molecule has 0 saturated carbocycles. The maximum absolute atomic E-state index is 10.0. The van der Waals surface area contributed by atoms with Gasteiger partial charge in [-0.05, 0) is 25.8 Å². The summed E-state index contributed by atoms with van der Waals surface area (Å²) in [6.07, 6.45) is 3.07. The van der Waals surface area contributed by atoms with Crippen LogP contribution in [0.15, 0.2) is 24.4 Å². The van der Waals surface area contributed by atoms with Crippen molar-refractivity contribution >= 4 is 34.8 Å². The Hall–Kier alpha value is -1.56. The summed E-state index contributed by atoms with van der Waals surface area (Å²) in [6, 6.07) is 5.32. The van der Waals surface area contributed by atoms with Gasteiger partial charge in [0.2, 0.25) is 0 Å². The third kappa shape index (κ3) is 3.37. The summed E-state index contributed by atoms with van der Waals surface area (Å²) in [5, 5.41) is 10.9. The van der Waals surface area contributed by atoms with Gasteiger partial charge in [-0.25, -0.2) is 9.97 Å². The molecule has 0 amide bonds. The van der Waals surface area contributed by atoms with Crippen LogP contribution in [0, 0.1) is 0 Å². The molecule has 1 fully saturated rings. The summed E-state index contributed by atoms with van der Waals surface area (Å²) in [6.45, 7) is 3.30. The van der Waals surface area contributed by atoms with Gasteiger partial charge in [0.15, 0.2) is 5.82 Å². The van der Waals surface area contributed by atoms with E-state index in [1.807, 2.05) is 13.0 Å². The number of anilines is 2. The highest BCUT2D eigenvalue weighted by molar-refractivity contribution is 6.43. The van der Waals surface area contributed by atoms with Gasteiger partial charge in [-0.15, -0.1) is 0 Å². The highest BCUT2D eigenvalue weighted by atomic mass is 35.5. The van der Waals surface area contributed by atoms with Crippen LogP contribution in [0.2, 0.25) is 10.0 Å². The number of aliphatic hydroxyl groups is 1. The van der Waals surface area contributed by atoms with E-state index in [-0.39, 0.29) is 0 Å². The number of halogens is 2. The molecule has 0 aliphatic carbocycles. The molecule has 0 radical (unpaired) electrons. The van der Waals surface area contributed by atoms with Crippen LogP contribution >= 0.6 is 23.2 Å². The van der Waals surface area contributed by atoms with Crippen LogP contribution < -0.4 is 10.6 Å². The quantitative estimate of drug-likeness (QED) is 0.866. The first-order valence-electron chi connectivity index (χ1n) is 7.42. The third-order valence-electron chi connectivity index (χ3n) is 4.16. The predicted molar refractivity (Wildman–Crippen MR) is 94.0 cm³/mol. The van der Waals surface area contributed by atoms with Crippen LogP contribution in [0.25, 0.3) is 11.3 Å². The molecule has 7 heteroatoms. The lowest BCUT2D eigenvalue weighted by Gasteiger charge is -2.36. The van der Waals surface area contributed by atoms with Gasteiger partial charge in [0.05, 0.1) is 21.8 Å². The molecule has 1 aliphatic heterocycles. The molecule has 5 nitrogen and oxygen atoms in total. The lowest BCUT2D eigenvalue weighted by molar-refractivity contribution is 0.0350. The van der Waals surface area contributed by atoms with Crippen molar-refractivity contribution in [3.8, 4) is 11.3 Å². The molecule has 3 N–H and O–H groups in total. The Balaban J connectivity index is 1.88. The Morgan fingerprint density at radius 2 is 1.96 bits per heavy atom. The Morgan fingerprint density at radius 1 is 1.26 bits per heavy atom. The first-order valence-corrected chi connectivity index (χ1v) is 8.17. The second-order valence-corrected chi connectivity index (χ2v) is 6.83. The SMILES string of the molecule is CC1(O)CCN(c2cnc(-c3cccc(Cl)c3Cl)c(N)n2)CC1. The van der Waals surface area contributed by atoms with Crippen molar-refractivity contribution in [1.29, 1.82) is 0 Å². The summed E-state index contributed by atoms with van der Waals surface area (Å²) >= 11 is 12.3. The van der Waals surface area contributed by atoms with Crippen molar-refractivity contribution < 1.29 is 5.11 Å². The largest absolute Gasteiger partial charge is 0.390 e. The molecule has 2 aromatic rings. The Kier molecular flexibility index (Phi) is 4.36. The van der Waals surface area contributed by atoms with Crippen LogP contribution in [-0.2, 0) is 0 Å². The minimum atomic E-state index is -0.607. The molecule has 0 spiro atoms. The van der Waals surface area contributed by atoms with Gasteiger partial charge in [0.25, 0.3) is 0 Å². The lowest BCUT2D eigenvalue weighted by atomic mass is 9.94. The van der Waals surface area contributed by atoms with Gasteiger partial charge in [-0.1, -0.05) is 35.3 Å². The Bertz CT molecular complexity index is 726. The average Bonchev–Trinajstić information content (AvgIpc) is 2.50. The lowest BCUT2D eigenvalue weighted by Crippen LogP contribution is -2.42. The fourth-order valence-corrected chi connectivity index (χ4v) is 3.05. The molecule has 1 aliphatic rings. The molecule has 1 aromatic heterocycles. The van der Waals surface area contributed by atoms with Gasteiger partial charge >= 0.3 is 0 Å². The molecular weight excluding hydrogens is 335 g/mol. The van der Waals surface area contributed by atoms with E-state index >= 15 is 0 Å². The van der Waals surface area contributed by atoms with Crippen LogP contribution in [0.4, 0.5) is 11.6 Å². The third-order valence-corrected chi connectivity index (χ3v) is 4.98. The zero-order valence-corrected chi connectivity index (χ0v) is 14.3. The van der Waals surface area contributed by atoms with E-state index in [0.717, 1.165) is 13.1 Å². The number of rotatable bonds is 2. The number of nitrogens with zero attached hydrogens (tertiary/aromatic N) is 3. The fourth-order valence-electron chi connectivity index (χ4n) is 2.66. The van der Waals surface area contributed by atoms with Gasteiger partial charge in [-0.2, -0.15) is 0 Å². The fraction of sp³-hybridized carbons (Fsp3) is 0.375. The van der Waals surface area contributed by atoms with Gasteiger partial charge in [0.1, 0.15) is 11.5 Å². The first-order chi connectivity index (χ1) is 10.9. The molecule has 0 bridgehead atoms. The monoisotopic (exact) mass is 352 g/mol. The summed E-state index contributed by atoms with van der Waals surface area (Å²) in [5.41, 5.74) is 6.66. The van der Waals surface area contributed by atoms with Crippen LogP contribution in [0.1, 0.15) is 19.8 Å². The molecule has 0 unspecified atom stereocenters. The maximum Gasteiger partial charge on any atom is 0.152 e. The summed E-state index contributed by atoms with van der Waals surface area (Å²) in [5.74, 6) is 1.02. The van der Waals surface area contributed by atoms with E-state index < -0.39 is 5.60 Å². The average molecular weight is 353 g/mol. The van der Waals surface area contributed by atoms with Crippen LogP contribution in [0.5, 0.6) is 0 Å². The van der Waals surface area contributed by atoms with Crippen molar-refractivity contribution in [3.05, 3.63) is 34.4 Å². The molecule has 2 heterocycles. The van der Waals surface area contributed by atoms with E-state index in [0.29, 0.717) is 45.8 Å². The van der Waals surface area contributed by atoms with Crippen molar-refractivity contribution in [2.75, 3.05) is 23.7 Å². The van der Waals surface area contributed by atoms with Gasteiger partial charge in [0, 0.05) is 18.7 Å². The van der Waals surface area contributed by atoms with E-state index in [1.165, 1.54) is 0 Å². The normalized spacial score (nSPS) is 17.3. The second-order valence-electron chi connectivity index (χ2n) is 6.05. The maximum atomic E-state index is 10.0. The van der Waals surface area contributed by atoms with Crippen molar-refractivity contribution in [1.82, 2.24) is 9.97 Å².